The molecule has 8 heteroatoms. The Bertz CT molecular complexity index is 571. The Balaban J connectivity index is 2.35. The fraction of sp³-hybridized carbons (Fsp3) is 0.357. The van der Waals surface area contributed by atoms with Gasteiger partial charge in [0.1, 0.15) is 0 Å². The van der Waals surface area contributed by atoms with E-state index in [0.29, 0.717) is 5.69 Å². The fourth-order valence-corrected chi connectivity index (χ4v) is 1.47. The predicted octanol–water partition coefficient (Wildman–Crippen LogP) is 0.0683. The summed E-state index contributed by atoms with van der Waals surface area (Å²) in [6, 6.07) is 6.57. The van der Waals surface area contributed by atoms with Crippen molar-refractivity contribution in [2.24, 2.45) is 0 Å². The van der Waals surface area contributed by atoms with Crippen molar-refractivity contribution in [3.63, 3.8) is 0 Å². The van der Waals surface area contributed by atoms with E-state index in [1.54, 1.807) is 18.2 Å². The molecular formula is C14H19N3O5. The lowest BCUT2D eigenvalue weighted by atomic mass is 10.1. The molecular weight excluding hydrogens is 290 g/mol. The highest BCUT2D eigenvalue weighted by Gasteiger charge is 2.30. The lowest BCUT2D eigenvalue weighted by Crippen LogP contribution is -2.49. The highest BCUT2D eigenvalue weighted by atomic mass is 16.4. The predicted molar refractivity (Wildman–Crippen MR) is 79.5 cm³/mol. The van der Waals surface area contributed by atoms with Gasteiger partial charge in [-0.1, -0.05) is 12.1 Å². The van der Waals surface area contributed by atoms with Crippen LogP contribution in [0.1, 0.15) is 12.5 Å². The average molecular weight is 309 g/mol. The van der Waals surface area contributed by atoms with Crippen LogP contribution in [0.4, 0.5) is 10.5 Å². The van der Waals surface area contributed by atoms with Crippen molar-refractivity contribution in [2.75, 3.05) is 18.4 Å². The van der Waals surface area contributed by atoms with Crippen LogP contribution >= 0.6 is 0 Å². The van der Waals surface area contributed by atoms with Crippen molar-refractivity contribution in [2.45, 2.75) is 19.4 Å². The van der Waals surface area contributed by atoms with Gasteiger partial charge < -0.3 is 26.2 Å². The number of benzene rings is 1. The number of carboxylic acids is 1. The first-order valence-corrected chi connectivity index (χ1v) is 6.55. The number of carbonyl (C=O) groups is 3. The summed E-state index contributed by atoms with van der Waals surface area (Å²) in [5.74, 6) is -2.06. The van der Waals surface area contributed by atoms with E-state index >= 15 is 0 Å². The van der Waals surface area contributed by atoms with Gasteiger partial charge in [0.15, 0.2) is 5.60 Å². The van der Waals surface area contributed by atoms with E-state index in [9.17, 15) is 19.5 Å². The molecule has 0 aromatic heterocycles. The van der Waals surface area contributed by atoms with Crippen molar-refractivity contribution < 1.29 is 24.6 Å². The summed E-state index contributed by atoms with van der Waals surface area (Å²) in [6.07, 6.45) is 0. The van der Waals surface area contributed by atoms with Gasteiger partial charge in [0, 0.05) is 5.69 Å². The molecule has 1 unspecified atom stereocenters. The Morgan fingerprint density at radius 2 is 1.91 bits per heavy atom. The number of amides is 3. The Kier molecular flexibility index (Phi) is 5.88. The van der Waals surface area contributed by atoms with Crippen LogP contribution in [-0.4, -0.2) is 46.8 Å². The van der Waals surface area contributed by atoms with E-state index in [1.165, 1.54) is 0 Å². The topological polar surface area (TPSA) is 128 Å². The molecule has 5 N–H and O–H groups in total. The first-order chi connectivity index (χ1) is 10.2. The van der Waals surface area contributed by atoms with Gasteiger partial charge in [-0.2, -0.15) is 0 Å². The lowest BCUT2D eigenvalue weighted by molar-refractivity contribution is -0.156. The second-order valence-corrected chi connectivity index (χ2v) is 5.03. The summed E-state index contributed by atoms with van der Waals surface area (Å²) < 4.78 is 0. The highest BCUT2D eigenvalue weighted by Crippen LogP contribution is 2.08. The van der Waals surface area contributed by atoms with Crippen LogP contribution in [-0.2, 0) is 9.59 Å². The van der Waals surface area contributed by atoms with Gasteiger partial charge in [0.2, 0.25) is 5.91 Å². The number of anilines is 1. The van der Waals surface area contributed by atoms with Crippen LogP contribution in [0, 0.1) is 6.92 Å². The van der Waals surface area contributed by atoms with E-state index in [0.717, 1.165) is 12.5 Å². The molecule has 0 bridgehead atoms. The molecule has 0 aliphatic heterocycles. The SMILES string of the molecule is Cc1cccc(NC(=O)NCC(=O)NCC(C)(O)C(=O)O)c1. The number of hydrogen-bond acceptors (Lipinski definition) is 4. The minimum atomic E-state index is -2.06. The van der Waals surface area contributed by atoms with Gasteiger partial charge in [-0.25, -0.2) is 9.59 Å². The van der Waals surface area contributed by atoms with Crippen molar-refractivity contribution >= 4 is 23.6 Å². The standard InChI is InChI=1S/C14H19N3O5/c1-9-4-3-5-10(6-9)17-13(21)15-7-11(18)16-8-14(2,22)12(19)20/h3-6,22H,7-8H2,1-2H3,(H,16,18)(H,19,20)(H2,15,17,21). The maximum atomic E-state index is 11.6. The zero-order valence-corrected chi connectivity index (χ0v) is 12.3. The fourth-order valence-electron chi connectivity index (χ4n) is 1.47. The monoisotopic (exact) mass is 309 g/mol. The van der Waals surface area contributed by atoms with E-state index in [4.69, 9.17) is 5.11 Å². The lowest BCUT2D eigenvalue weighted by Gasteiger charge is -2.18. The highest BCUT2D eigenvalue weighted by molar-refractivity contribution is 5.92. The molecule has 22 heavy (non-hydrogen) atoms. The van der Waals surface area contributed by atoms with E-state index in [-0.39, 0.29) is 6.54 Å². The number of aryl methyl sites for hydroxylation is 1. The van der Waals surface area contributed by atoms with E-state index in [2.05, 4.69) is 16.0 Å². The molecule has 0 spiro atoms. The molecule has 0 heterocycles. The molecule has 0 aliphatic carbocycles. The van der Waals surface area contributed by atoms with Crippen molar-refractivity contribution in [1.82, 2.24) is 10.6 Å². The van der Waals surface area contributed by atoms with Crippen LogP contribution in [0.15, 0.2) is 24.3 Å². The molecule has 0 saturated carbocycles. The quantitative estimate of drug-likeness (QED) is 0.508. The maximum Gasteiger partial charge on any atom is 0.337 e. The molecule has 1 atom stereocenters. The summed E-state index contributed by atoms with van der Waals surface area (Å²) >= 11 is 0. The summed E-state index contributed by atoms with van der Waals surface area (Å²) in [4.78, 5) is 33.7. The van der Waals surface area contributed by atoms with Crippen LogP contribution in [0.2, 0.25) is 0 Å². The van der Waals surface area contributed by atoms with Gasteiger partial charge >= 0.3 is 12.0 Å². The number of rotatable bonds is 6. The third-order valence-electron chi connectivity index (χ3n) is 2.78. The number of nitrogens with one attached hydrogen (secondary N) is 3. The average Bonchev–Trinajstić information content (AvgIpc) is 2.43. The number of carboxylic acid groups (broad SMARTS) is 1. The van der Waals surface area contributed by atoms with Gasteiger partial charge in [-0.05, 0) is 31.5 Å². The van der Waals surface area contributed by atoms with Crippen molar-refractivity contribution in [1.29, 1.82) is 0 Å². The number of urea groups is 1. The van der Waals surface area contributed by atoms with Crippen molar-refractivity contribution in [3.05, 3.63) is 29.8 Å². The third-order valence-corrected chi connectivity index (χ3v) is 2.78. The number of carbonyl (C=O) groups excluding carboxylic acids is 2. The maximum absolute atomic E-state index is 11.6. The molecule has 3 amide bonds. The van der Waals surface area contributed by atoms with Gasteiger partial charge in [0.25, 0.3) is 0 Å². The second-order valence-electron chi connectivity index (χ2n) is 5.03. The minimum Gasteiger partial charge on any atom is -0.479 e. The Morgan fingerprint density at radius 3 is 2.50 bits per heavy atom. The normalized spacial score (nSPS) is 12.9. The van der Waals surface area contributed by atoms with Crippen LogP contribution in [0.3, 0.4) is 0 Å². The molecule has 1 aromatic rings. The molecule has 0 radical (unpaired) electrons. The number of aliphatic hydroxyl groups is 1. The smallest absolute Gasteiger partial charge is 0.337 e. The van der Waals surface area contributed by atoms with Crippen LogP contribution < -0.4 is 16.0 Å². The largest absolute Gasteiger partial charge is 0.479 e. The summed E-state index contributed by atoms with van der Waals surface area (Å²) in [7, 11) is 0. The first-order valence-electron chi connectivity index (χ1n) is 6.55. The Labute approximate surface area is 127 Å². The molecule has 1 aromatic carbocycles. The van der Waals surface area contributed by atoms with E-state index < -0.39 is 30.1 Å². The van der Waals surface area contributed by atoms with E-state index in [1.807, 2.05) is 13.0 Å². The zero-order valence-electron chi connectivity index (χ0n) is 12.3. The number of aliphatic carboxylic acids is 1. The van der Waals surface area contributed by atoms with Crippen LogP contribution in [0.25, 0.3) is 0 Å². The third kappa shape index (κ3) is 5.80. The van der Waals surface area contributed by atoms with Gasteiger partial charge in [-0.3, -0.25) is 4.79 Å². The molecule has 1 rings (SSSR count). The van der Waals surface area contributed by atoms with Gasteiger partial charge in [-0.15, -0.1) is 0 Å². The Morgan fingerprint density at radius 1 is 1.23 bits per heavy atom. The Hall–Kier alpha value is -2.61. The van der Waals surface area contributed by atoms with Gasteiger partial charge in [0.05, 0.1) is 13.1 Å². The minimum absolute atomic E-state index is 0.340. The molecule has 0 fully saturated rings. The molecule has 120 valence electrons. The summed E-state index contributed by atoms with van der Waals surface area (Å²) in [5, 5.41) is 25.2. The summed E-state index contributed by atoms with van der Waals surface area (Å²) in [5.41, 5.74) is -0.488. The molecule has 0 saturated heterocycles. The first kappa shape index (κ1) is 17.4. The molecule has 8 nitrogen and oxygen atoms in total. The van der Waals surface area contributed by atoms with Crippen molar-refractivity contribution in [3.8, 4) is 0 Å². The zero-order chi connectivity index (χ0) is 16.8. The van der Waals surface area contributed by atoms with Crippen LogP contribution in [0.5, 0.6) is 0 Å². The second kappa shape index (κ2) is 7.41. The molecule has 0 aliphatic rings. The summed E-state index contributed by atoms with van der Waals surface area (Å²) in [6.45, 7) is 2.15. The number of hydrogen-bond donors (Lipinski definition) is 5.